The minimum absolute atomic E-state index is 0.00396. The summed E-state index contributed by atoms with van der Waals surface area (Å²) in [5.41, 5.74) is 0.882. The minimum atomic E-state index is -2.89. The van der Waals surface area contributed by atoms with Crippen LogP contribution in [0, 0.1) is 5.92 Å². The average Bonchev–Trinajstić information content (AvgIpc) is 2.56. The molecule has 1 N–H and O–H groups in total. The van der Waals surface area contributed by atoms with Crippen molar-refractivity contribution in [1.82, 2.24) is 5.32 Å². The highest BCUT2D eigenvalue weighted by molar-refractivity contribution is 5.78. The lowest BCUT2D eigenvalue weighted by Crippen LogP contribution is -2.32. The van der Waals surface area contributed by atoms with Gasteiger partial charge in [0.1, 0.15) is 0 Å². The van der Waals surface area contributed by atoms with E-state index in [0.29, 0.717) is 13.0 Å². The van der Waals surface area contributed by atoms with Crippen LogP contribution in [0.1, 0.15) is 24.8 Å². The SMILES string of the molecule is COc1cc(CCNC(=O)C2CC=CCC2)ccc1OC(F)F. The molecular weight excluding hydrogens is 304 g/mol. The third kappa shape index (κ3) is 5.23. The number of amides is 1. The number of rotatable bonds is 7. The fourth-order valence-electron chi connectivity index (χ4n) is 2.57. The van der Waals surface area contributed by atoms with E-state index in [-0.39, 0.29) is 23.3 Å². The maximum atomic E-state index is 12.3. The lowest BCUT2D eigenvalue weighted by Gasteiger charge is -2.17. The van der Waals surface area contributed by atoms with Crippen molar-refractivity contribution in [1.29, 1.82) is 0 Å². The largest absolute Gasteiger partial charge is 0.493 e. The highest BCUT2D eigenvalue weighted by atomic mass is 19.3. The molecule has 0 aromatic heterocycles. The molecule has 0 heterocycles. The molecule has 0 saturated heterocycles. The van der Waals surface area contributed by atoms with Crippen LogP contribution in [0.25, 0.3) is 0 Å². The van der Waals surface area contributed by atoms with Crippen molar-refractivity contribution in [3.05, 3.63) is 35.9 Å². The summed E-state index contributed by atoms with van der Waals surface area (Å²) in [6.07, 6.45) is 7.36. The zero-order valence-electron chi connectivity index (χ0n) is 13.1. The number of ether oxygens (including phenoxy) is 2. The number of carbonyl (C=O) groups excluding carboxylic acids is 1. The van der Waals surface area contributed by atoms with E-state index in [4.69, 9.17) is 4.74 Å². The molecule has 1 atom stereocenters. The average molecular weight is 325 g/mol. The topological polar surface area (TPSA) is 47.6 Å². The minimum Gasteiger partial charge on any atom is -0.493 e. The first-order chi connectivity index (χ1) is 11.1. The molecule has 23 heavy (non-hydrogen) atoms. The van der Waals surface area contributed by atoms with E-state index in [2.05, 4.69) is 16.1 Å². The van der Waals surface area contributed by atoms with E-state index in [1.807, 2.05) is 6.08 Å². The van der Waals surface area contributed by atoms with Crippen LogP contribution >= 0.6 is 0 Å². The Hall–Kier alpha value is -2.11. The van der Waals surface area contributed by atoms with Gasteiger partial charge in [-0.3, -0.25) is 4.79 Å². The van der Waals surface area contributed by atoms with Crippen LogP contribution in [0.3, 0.4) is 0 Å². The Balaban J connectivity index is 1.85. The first kappa shape index (κ1) is 17.2. The van der Waals surface area contributed by atoms with Gasteiger partial charge >= 0.3 is 6.61 Å². The van der Waals surface area contributed by atoms with E-state index in [9.17, 15) is 13.6 Å². The molecule has 6 heteroatoms. The Bertz CT molecular complexity index is 561. The predicted octanol–water partition coefficient (Wildman–Crippen LogP) is 3.31. The number of halogens is 2. The normalized spacial score (nSPS) is 17.1. The Kier molecular flexibility index (Phi) is 6.38. The molecule has 1 aromatic rings. The molecule has 4 nitrogen and oxygen atoms in total. The Morgan fingerprint density at radius 2 is 2.17 bits per heavy atom. The number of methoxy groups -OCH3 is 1. The summed E-state index contributed by atoms with van der Waals surface area (Å²) in [5, 5.41) is 2.92. The molecule has 0 fully saturated rings. The van der Waals surface area contributed by atoms with Crippen molar-refractivity contribution < 1.29 is 23.0 Å². The number of hydrogen-bond donors (Lipinski definition) is 1. The zero-order valence-corrected chi connectivity index (χ0v) is 13.1. The van der Waals surface area contributed by atoms with Crippen molar-refractivity contribution in [2.24, 2.45) is 5.92 Å². The van der Waals surface area contributed by atoms with Crippen molar-refractivity contribution in [2.45, 2.75) is 32.3 Å². The van der Waals surface area contributed by atoms with Crippen LogP contribution in [0.5, 0.6) is 11.5 Å². The number of hydrogen-bond acceptors (Lipinski definition) is 3. The van der Waals surface area contributed by atoms with Crippen LogP contribution in [-0.2, 0) is 11.2 Å². The summed E-state index contributed by atoms with van der Waals surface area (Å²) in [4.78, 5) is 12.0. The summed E-state index contributed by atoms with van der Waals surface area (Å²) >= 11 is 0. The molecule has 1 aliphatic carbocycles. The molecular formula is C17H21F2NO3. The fraction of sp³-hybridized carbons (Fsp3) is 0.471. The number of nitrogens with one attached hydrogen (secondary N) is 1. The van der Waals surface area contributed by atoms with E-state index in [0.717, 1.165) is 24.8 Å². The Morgan fingerprint density at radius 1 is 1.35 bits per heavy atom. The highest BCUT2D eigenvalue weighted by Gasteiger charge is 2.18. The second kappa shape index (κ2) is 8.50. The highest BCUT2D eigenvalue weighted by Crippen LogP contribution is 2.29. The quantitative estimate of drug-likeness (QED) is 0.783. The number of alkyl halides is 2. The van der Waals surface area contributed by atoms with Crippen LogP contribution in [-0.4, -0.2) is 26.2 Å². The van der Waals surface area contributed by atoms with Gasteiger partial charge < -0.3 is 14.8 Å². The van der Waals surface area contributed by atoms with Crippen molar-refractivity contribution in [3.8, 4) is 11.5 Å². The number of carbonyl (C=O) groups is 1. The molecule has 1 amide bonds. The first-order valence-electron chi connectivity index (χ1n) is 7.64. The van der Waals surface area contributed by atoms with Gasteiger partial charge in [0.25, 0.3) is 0 Å². The Morgan fingerprint density at radius 3 is 2.83 bits per heavy atom. The van der Waals surface area contributed by atoms with Gasteiger partial charge in [0.15, 0.2) is 11.5 Å². The number of benzene rings is 1. The van der Waals surface area contributed by atoms with Gasteiger partial charge in [0.05, 0.1) is 7.11 Å². The van der Waals surface area contributed by atoms with Crippen molar-refractivity contribution in [2.75, 3.05) is 13.7 Å². The Labute approximate surface area is 134 Å². The maximum absolute atomic E-state index is 12.3. The summed E-state index contributed by atoms with van der Waals surface area (Å²) in [5.74, 6) is 0.381. The van der Waals surface area contributed by atoms with Crippen LogP contribution in [0.15, 0.2) is 30.4 Å². The van der Waals surface area contributed by atoms with Crippen LogP contribution < -0.4 is 14.8 Å². The third-order valence-electron chi connectivity index (χ3n) is 3.80. The van der Waals surface area contributed by atoms with E-state index >= 15 is 0 Å². The maximum Gasteiger partial charge on any atom is 0.387 e. The molecule has 0 aliphatic heterocycles. The lowest BCUT2D eigenvalue weighted by molar-refractivity contribution is -0.125. The molecule has 0 saturated carbocycles. The molecule has 126 valence electrons. The van der Waals surface area contributed by atoms with Gasteiger partial charge in [-0.05, 0) is 43.4 Å². The van der Waals surface area contributed by atoms with Gasteiger partial charge in [-0.2, -0.15) is 8.78 Å². The van der Waals surface area contributed by atoms with E-state index < -0.39 is 6.61 Å². The van der Waals surface area contributed by atoms with Gasteiger partial charge in [0, 0.05) is 12.5 Å². The van der Waals surface area contributed by atoms with Crippen molar-refractivity contribution >= 4 is 5.91 Å². The summed E-state index contributed by atoms with van der Waals surface area (Å²) in [6.45, 7) is -2.39. The second-order valence-electron chi connectivity index (χ2n) is 5.39. The van der Waals surface area contributed by atoms with Gasteiger partial charge in [-0.25, -0.2) is 0 Å². The second-order valence-corrected chi connectivity index (χ2v) is 5.39. The standard InChI is InChI=1S/C17H21F2NO3/c1-22-15-11-12(7-8-14(15)23-17(18)19)9-10-20-16(21)13-5-3-2-4-6-13/h2-3,7-8,11,13,17H,4-6,9-10H2,1H3,(H,20,21). The predicted molar refractivity (Wildman–Crippen MR) is 82.8 cm³/mol. The van der Waals surface area contributed by atoms with Gasteiger partial charge in [-0.1, -0.05) is 18.2 Å². The van der Waals surface area contributed by atoms with Crippen molar-refractivity contribution in [3.63, 3.8) is 0 Å². The van der Waals surface area contributed by atoms with Crippen LogP contribution in [0.2, 0.25) is 0 Å². The zero-order chi connectivity index (χ0) is 16.7. The van der Waals surface area contributed by atoms with Gasteiger partial charge in [-0.15, -0.1) is 0 Å². The molecule has 0 spiro atoms. The molecule has 0 bridgehead atoms. The third-order valence-corrected chi connectivity index (χ3v) is 3.80. The molecule has 1 aliphatic rings. The van der Waals surface area contributed by atoms with Crippen LogP contribution in [0.4, 0.5) is 8.78 Å². The number of allylic oxidation sites excluding steroid dienone is 2. The van der Waals surface area contributed by atoms with Gasteiger partial charge in [0.2, 0.25) is 5.91 Å². The summed E-state index contributed by atoms with van der Waals surface area (Å²) < 4.78 is 34.0. The molecule has 0 radical (unpaired) electrons. The molecule has 1 unspecified atom stereocenters. The summed E-state index contributed by atoms with van der Waals surface area (Å²) in [7, 11) is 1.40. The first-order valence-corrected chi connectivity index (χ1v) is 7.64. The fourth-order valence-corrected chi connectivity index (χ4v) is 2.57. The summed E-state index contributed by atoms with van der Waals surface area (Å²) in [6, 6.07) is 4.79. The molecule has 2 rings (SSSR count). The lowest BCUT2D eigenvalue weighted by atomic mass is 9.93. The molecule has 1 aromatic carbocycles. The monoisotopic (exact) mass is 325 g/mol. The van der Waals surface area contributed by atoms with E-state index in [1.165, 1.54) is 13.2 Å². The smallest absolute Gasteiger partial charge is 0.387 e. The van der Waals surface area contributed by atoms with E-state index in [1.54, 1.807) is 12.1 Å².